The highest BCUT2D eigenvalue weighted by Gasteiger charge is 2.28. The molecule has 83 heavy (non-hydrogen) atoms. The molecule has 16 aromatic rings. The van der Waals surface area contributed by atoms with E-state index in [0.717, 1.165) is 155 Å². The summed E-state index contributed by atoms with van der Waals surface area (Å²) in [5.41, 5.74) is 21.8. The smallest absolute Gasteiger partial charge is 0.159 e. The predicted octanol–water partition coefficient (Wildman–Crippen LogP) is 22.8. The molecule has 0 radical (unpaired) electrons. The average molecular weight is 1070 g/mol. The first-order valence-electron chi connectivity index (χ1n) is 28.3. The van der Waals surface area contributed by atoms with Crippen LogP contribution in [0.1, 0.15) is 11.1 Å². The number of aryl methyl sites for hydroxylation is 2. The summed E-state index contributed by atoms with van der Waals surface area (Å²) in [4.78, 5) is 4.74. The van der Waals surface area contributed by atoms with E-state index in [4.69, 9.17) is 13.3 Å². The zero-order valence-electron chi connectivity index (χ0n) is 45.7. The molecule has 0 saturated carbocycles. The lowest BCUT2D eigenvalue weighted by atomic mass is 9.97. The minimum Gasteiger partial charge on any atom is -0.456 e. The monoisotopic (exact) mass is 1060 g/mol. The van der Waals surface area contributed by atoms with Crippen LogP contribution in [0.5, 0.6) is 0 Å². The molecule has 16 rings (SSSR count). The SMILES string of the molecule is Cc1ccccc1-c1cccc2c1oc1c(N(c3ccc4c(c3)oc3cc(N(c5ccccc5-c5ccccc5)c5cccc6c5oc5c(-c7ccccc7C)cccc56)c5ccccc5c34)c3ccccc3-c3ccccc3)cccc12. The molecule has 0 amide bonds. The summed E-state index contributed by atoms with van der Waals surface area (Å²) in [7, 11) is 0. The van der Waals surface area contributed by atoms with Crippen molar-refractivity contribution in [3.8, 4) is 44.5 Å². The summed E-state index contributed by atoms with van der Waals surface area (Å²) in [6, 6.07) is 99.4. The molecule has 5 heteroatoms. The molecule has 0 aliphatic heterocycles. The van der Waals surface area contributed by atoms with Gasteiger partial charge in [-0.2, -0.15) is 0 Å². The van der Waals surface area contributed by atoms with Crippen LogP contribution in [-0.4, -0.2) is 0 Å². The van der Waals surface area contributed by atoms with E-state index in [0.29, 0.717) is 0 Å². The van der Waals surface area contributed by atoms with Gasteiger partial charge < -0.3 is 23.1 Å². The quantitative estimate of drug-likeness (QED) is 0.137. The molecule has 3 heterocycles. The van der Waals surface area contributed by atoms with Gasteiger partial charge in [0, 0.05) is 72.1 Å². The lowest BCUT2D eigenvalue weighted by molar-refractivity contribution is 0.667. The van der Waals surface area contributed by atoms with Crippen LogP contribution in [0.2, 0.25) is 0 Å². The van der Waals surface area contributed by atoms with E-state index in [9.17, 15) is 0 Å². The fourth-order valence-electron chi connectivity index (χ4n) is 12.9. The Labute approximate surface area is 479 Å². The number of fused-ring (bicyclic) bond motifs is 11. The number of benzene rings is 13. The van der Waals surface area contributed by atoms with Crippen molar-refractivity contribution in [1.82, 2.24) is 0 Å². The largest absolute Gasteiger partial charge is 0.456 e. The van der Waals surface area contributed by atoms with E-state index in [1.807, 2.05) is 0 Å². The van der Waals surface area contributed by atoms with Crippen molar-refractivity contribution in [2.45, 2.75) is 13.8 Å². The van der Waals surface area contributed by atoms with E-state index < -0.39 is 0 Å². The second-order valence-corrected chi connectivity index (χ2v) is 21.5. The summed E-state index contributed by atoms with van der Waals surface area (Å²) >= 11 is 0. The van der Waals surface area contributed by atoms with Crippen molar-refractivity contribution in [2.24, 2.45) is 0 Å². The minimum atomic E-state index is 0.764. The molecule has 0 bridgehead atoms. The maximum Gasteiger partial charge on any atom is 0.159 e. The molecule has 0 atom stereocenters. The topological polar surface area (TPSA) is 45.9 Å². The summed E-state index contributed by atoms with van der Waals surface area (Å²) in [5.74, 6) is 0. The Bertz CT molecular complexity index is 5200. The Morgan fingerprint density at radius 1 is 0.241 bits per heavy atom. The van der Waals surface area contributed by atoms with Crippen molar-refractivity contribution < 1.29 is 13.3 Å². The van der Waals surface area contributed by atoms with Gasteiger partial charge in [-0.25, -0.2) is 0 Å². The molecule has 13 aromatic carbocycles. The Kier molecular flexibility index (Phi) is 11.3. The van der Waals surface area contributed by atoms with Crippen LogP contribution in [0, 0.1) is 13.8 Å². The first-order valence-corrected chi connectivity index (χ1v) is 28.3. The van der Waals surface area contributed by atoms with Crippen LogP contribution in [0.3, 0.4) is 0 Å². The van der Waals surface area contributed by atoms with E-state index in [1.54, 1.807) is 0 Å². The molecule has 0 saturated heterocycles. The molecule has 3 aromatic heterocycles. The molecule has 0 aliphatic carbocycles. The Morgan fingerprint density at radius 3 is 1.20 bits per heavy atom. The minimum absolute atomic E-state index is 0.764. The van der Waals surface area contributed by atoms with Crippen molar-refractivity contribution >= 4 is 111 Å². The summed E-state index contributed by atoms with van der Waals surface area (Å²) in [6.45, 7) is 4.32. The molecular formula is C78H52N2O3. The maximum absolute atomic E-state index is 7.34. The van der Waals surface area contributed by atoms with Gasteiger partial charge in [0.05, 0.1) is 34.1 Å². The highest BCUT2D eigenvalue weighted by atomic mass is 16.3. The van der Waals surface area contributed by atoms with Crippen molar-refractivity contribution in [3.05, 3.63) is 290 Å². The van der Waals surface area contributed by atoms with Gasteiger partial charge in [0.15, 0.2) is 11.2 Å². The Hall–Kier alpha value is -10.9. The number of para-hydroxylation sites is 6. The van der Waals surface area contributed by atoms with Crippen molar-refractivity contribution in [3.63, 3.8) is 0 Å². The molecule has 0 spiro atoms. The van der Waals surface area contributed by atoms with Crippen LogP contribution >= 0.6 is 0 Å². The predicted molar refractivity (Wildman–Crippen MR) is 346 cm³/mol. The second kappa shape index (κ2) is 19.4. The van der Waals surface area contributed by atoms with Crippen molar-refractivity contribution in [1.29, 1.82) is 0 Å². The third-order valence-corrected chi connectivity index (χ3v) is 16.8. The molecule has 0 fully saturated rings. The summed E-state index contributed by atoms with van der Waals surface area (Å²) in [5, 5.41) is 8.44. The number of anilines is 6. The van der Waals surface area contributed by atoms with Gasteiger partial charge in [-0.15, -0.1) is 0 Å². The molecule has 0 unspecified atom stereocenters. The highest BCUT2D eigenvalue weighted by molar-refractivity contribution is 6.24. The first kappa shape index (κ1) is 48.1. The average Bonchev–Trinajstić information content (AvgIpc) is 3.90. The zero-order valence-corrected chi connectivity index (χ0v) is 45.7. The van der Waals surface area contributed by atoms with Crippen LogP contribution in [0.15, 0.2) is 292 Å². The van der Waals surface area contributed by atoms with Crippen molar-refractivity contribution in [2.75, 3.05) is 9.80 Å². The maximum atomic E-state index is 7.34. The Morgan fingerprint density at radius 2 is 0.651 bits per heavy atom. The van der Waals surface area contributed by atoms with Crippen LogP contribution < -0.4 is 9.80 Å². The van der Waals surface area contributed by atoms with Gasteiger partial charge in [-0.3, -0.25) is 0 Å². The molecule has 0 aliphatic rings. The zero-order chi connectivity index (χ0) is 55.1. The van der Waals surface area contributed by atoms with Crippen LogP contribution in [0.4, 0.5) is 34.1 Å². The molecule has 5 nitrogen and oxygen atoms in total. The first-order chi connectivity index (χ1) is 41.0. The van der Waals surface area contributed by atoms with Gasteiger partial charge in [-0.05, 0) is 89.0 Å². The number of rotatable bonds is 10. The summed E-state index contributed by atoms with van der Waals surface area (Å²) < 4.78 is 21.8. The number of hydrogen-bond acceptors (Lipinski definition) is 5. The van der Waals surface area contributed by atoms with Crippen LogP contribution in [-0.2, 0) is 0 Å². The number of furan rings is 3. The van der Waals surface area contributed by atoms with Gasteiger partial charge in [0.25, 0.3) is 0 Å². The summed E-state index contributed by atoms with van der Waals surface area (Å²) in [6.07, 6.45) is 0. The van der Waals surface area contributed by atoms with Crippen LogP contribution in [0.25, 0.3) is 121 Å². The van der Waals surface area contributed by atoms with E-state index in [1.165, 1.54) is 11.1 Å². The van der Waals surface area contributed by atoms with E-state index >= 15 is 0 Å². The van der Waals surface area contributed by atoms with Gasteiger partial charge in [0.1, 0.15) is 22.3 Å². The lowest BCUT2D eigenvalue weighted by Gasteiger charge is -2.29. The number of nitrogens with zero attached hydrogens (tertiary/aromatic N) is 2. The van der Waals surface area contributed by atoms with E-state index in [2.05, 4.69) is 303 Å². The fourth-order valence-corrected chi connectivity index (χ4v) is 12.9. The molecular weight excluding hydrogens is 1010 g/mol. The molecule has 0 N–H and O–H groups in total. The van der Waals surface area contributed by atoms with E-state index in [-0.39, 0.29) is 0 Å². The Balaban J connectivity index is 0.935. The third-order valence-electron chi connectivity index (χ3n) is 16.8. The highest BCUT2D eigenvalue weighted by Crippen LogP contribution is 2.52. The van der Waals surface area contributed by atoms with Gasteiger partial charge >= 0.3 is 0 Å². The van der Waals surface area contributed by atoms with Gasteiger partial charge in [-0.1, -0.05) is 231 Å². The lowest BCUT2D eigenvalue weighted by Crippen LogP contribution is -2.12. The normalized spacial score (nSPS) is 11.7. The number of hydrogen-bond donors (Lipinski definition) is 0. The fraction of sp³-hybridized carbons (Fsp3) is 0.0256. The molecule has 392 valence electrons. The standard InChI is InChI=1S/C78H52N2O3/c1-49-23-9-11-29-54(49)60-35-19-37-62-64-39-21-43-69(77(64)82-75(60)62)79(67-41-17-15-31-56(67)51-25-5-3-6-26-51)53-45-46-66-72(47-53)81-73-48-71(58-33-13-14-34-59(58)74(66)73)80(68-42-18-16-32-57(68)52-27-7-4-8-28-52)70-44-22-40-65-63-38-20-36-61(76(63)83-78(65)70)55-30-12-10-24-50(55)2/h3-48H,1-2H3. The van der Waals surface area contributed by atoms with Gasteiger partial charge in [0.2, 0.25) is 0 Å². The third kappa shape index (κ3) is 7.77. The second-order valence-electron chi connectivity index (χ2n) is 21.5.